The van der Waals surface area contributed by atoms with Crippen molar-refractivity contribution in [1.82, 2.24) is 10.3 Å². The molecule has 2 amide bonds. The van der Waals surface area contributed by atoms with Gasteiger partial charge in [-0.25, -0.2) is 4.79 Å². The number of rotatable bonds is 3. The van der Waals surface area contributed by atoms with E-state index in [0.29, 0.717) is 5.01 Å². The summed E-state index contributed by atoms with van der Waals surface area (Å²) in [5.74, 6) is 0. The van der Waals surface area contributed by atoms with Crippen molar-refractivity contribution in [1.29, 1.82) is 0 Å². The topological polar surface area (TPSA) is 152 Å². The van der Waals surface area contributed by atoms with E-state index in [1.165, 1.54) is 0 Å². The highest BCUT2D eigenvalue weighted by atomic mass is 16.6. The van der Waals surface area contributed by atoms with Gasteiger partial charge in [0.2, 0.25) is 0 Å². The lowest BCUT2D eigenvalue weighted by molar-refractivity contribution is -0.252. The van der Waals surface area contributed by atoms with Crippen LogP contribution in [-0.4, -0.2) is 75.8 Å². The summed E-state index contributed by atoms with van der Waals surface area (Å²) in [4.78, 5) is 21.4. The van der Waals surface area contributed by atoms with E-state index in [4.69, 9.17) is 9.84 Å². The lowest BCUT2D eigenvalue weighted by Gasteiger charge is -2.40. The molecule has 0 aromatic rings. The van der Waals surface area contributed by atoms with Crippen LogP contribution in [0.15, 0.2) is 5.29 Å². The van der Waals surface area contributed by atoms with Crippen molar-refractivity contribution in [2.45, 2.75) is 30.6 Å². The SMILES string of the molecule is CN(N=O)C(=O)NC1[C@@H](O)OC(CO)[C@@H](O)[C@H]1O. The molecule has 1 rings (SSSR count). The second-order valence-corrected chi connectivity index (χ2v) is 3.81. The third kappa shape index (κ3) is 2.91. The van der Waals surface area contributed by atoms with Gasteiger partial charge in [-0.3, -0.25) is 0 Å². The first-order valence-electron chi connectivity index (χ1n) is 5.10. The Balaban J connectivity index is 2.71. The molecule has 0 aromatic carbocycles. The number of nitrogens with zero attached hydrogens (tertiary/aromatic N) is 2. The van der Waals surface area contributed by atoms with Crippen molar-refractivity contribution in [2.24, 2.45) is 5.29 Å². The summed E-state index contributed by atoms with van der Waals surface area (Å²) < 4.78 is 4.80. The number of amides is 2. The van der Waals surface area contributed by atoms with E-state index in [2.05, 4.69) is 10.6 Å². The summed E-state index contributed by atoms with van der Waals surface area (Å²) in [5, 5.41) is 42.4. The maximum atomic E-state index is 11.3. The van der Waals surface area contributed by atoms with Crippen LogP contribution in [0.4, 0.5) is 4.79 Å². The van der Waals surface area contributed by atoms with E-state index in [-0.39, 0.29) is 0 Å². The Morgan fingerprint density at radius 1 is 1.39 bits per heavy atom. The fraction of sp³-hybridized carbons (Fsp3) is 0.875. The number of aliphatic hydroxyl groups excluding tert-OH is 4. The molecule has 1 heterocycles. The Bertz CT molecular complexity index is 315. The molecule has 0 aromatic heterocycles. The molecule has 10 heteroatoms. The normalized spacial score (nSPS) is 35.9. The summed E-state index contributed by atoms with van der Waals surface area (Å²) in [7, 11) is 1.07. The molecule has 0 bridgehead atoms. The van der Waals surface area contributed by atoms with Gasteiger partial charge in [-0.1, -0.05) is 0 Å². The lowest BCUT2D eigenvalue weighted by Crippen LogP contribution is -2.64. The zero-order valence-corrected chi connectivity index (χ0v) is 9.50. The fourth-order valence-electron chi connectivity index (χ4n) is 1.53. The van der Waals surface area contributed by atoms with E-state index in [1.807, 2.05) is 0 Å². The van der Waals surface area contributed by atoms with Gasteiger partial charge in [-0.15, -0.1) is 4.91 Å². The number of aliphatic hydroxyl groups is 4. The Morgan fingerprint density at radius 2 is 2.00 bits per heavy atom. The molecule has 0 radical (unpaired) electrons. The Hall–Kier alpha value is -1.33. The van der Waals surface area contributed by atoms with Gasteiger partial charge in [-0.2, -0.15) is 5.01 Å². The Morgan fingerprint density at radius 3 is 2.50 bits per heavy atom. The van der Waals surface area contributed by atoms with E-state index >= 15 is 0 Å². The van der Waals surface area contributed by atoms with E-state index in [9.17, 15) is 25.0 Å². The predicted molar refractivity (Wildman–Crippen MR) is 55.9 cm³/mol. The molecule has 2 unspecified atom stereocenters. The Kier molecular flexibility index (Phi) is 4.93. The molecule has 1 fully saturated rings. The largest absolute Gasteiger partial charge is 0.394 e. The number of hydrogen-bond donors (Lipinski definition) is 5. The smallest absolute Gasteiger partial charge is 0.340 e. The molecule has 0 aliphatic carbocycles. The van der Waals surface area contributed by atoms with Gasteiger partial charge in [0.05, 0.1) is 11.9 Å². The molecule has 5 N–H and O–H groups in total. The highest BCUT2D eigenvalue weighted by Gasteiger charge is 2.44. The van der Waals surface area contributed by atoms with E-state index < -0.39 is 43.3 Å². The maximum Gasteiger partial charge on any atom is 0.340 e. The summed E-state index contributed by atoms with van der Waals surface area (Å²) >= 11 is 0. The average molecular weight is 265 g/mol. The zero-order valence-electron chi connectivity index (χ0n) is 9.50. The predicted octanol–water partition coefficient (Wildman–Crippen LogP) is -2.89. The van der Waals surface area contributed by atoms with Crippen molar-refractivity contribution in [3.05, 3.63) is 4.91 Å². The van der Waals surface area contributed by atoms with Gasteiger partial charge in [0.15, 0.2) is 6.29 Å². The van der Waals surface area contributed by atoms with Crippen molar-refractivity contribution < 1.29 is 30.0 Å². The number of ether oxygens (including phenoxy) is 1. The van der Waals surface area contributed by atoms with Gasteiger partial charge in [0.1, 0.15) is 24.4 Å². The molecular weight excluding hydrogens is 250 g/mol. The van der Waals surface area contributed by atoms with Crippen LogP contribution in [-0.2, 0) is 4.74 Å². The molecule has 0 spiro atoms. The van der Waals surface area contributed by atoms with Crippen LogP contribution >= 0.6 is 0 Å². The molecule has 1 aliphatic heterocycles. The Labute approximate surface area is 102 Å². The lowest BCUT2D eigenvalue weighted by atomic mass is 9.97. The van der Waals surface area contributed by atoms with Gasteiger partial charge in [-0.05, 0) is 0 Å². The summed E-state index contributed by atoms with van der Waals surface area (Å²) in [6.45, 7) is -0.605. The molecular formula is C8H15N3O7. The first-order valence-corrected chi connectivity index (χ1v) is 5.10. The molecule has 0 saturated carbocycles. The molecule has 1 aliphatic rings. The number of carbonyl (C=O) groups is 1. The number of urea groups is 1. The van der Waals surface area contributed by atoms with Crippen LogP contribution in [0.1, 0.15) is 0 Å². The average Bonchev–Trinajstić information content (AvgIpc) is 2.37. The molecule has 18 heavy (non-hydrogen) atoms. The minimum atomic E-state index is -1.63. The molecule has 104 valence electrons. The second kappa shape index (κ2) is 6.02. The summed E-state index contributed by atoms with van der Waals surface area (Å²) in [6, 6.07) is -2.33. The number of carbonyl (C=O) groups excluding carboxylic acids is 1. The number of hydrogen-bond acceptors (Lipinski definition) is 8. The molecule has 5 atom stereocenters. The highest BCUT2D eigenvalue weighted by Crippen LogP contribution is 2.19. The minimum absolute atomic E-state index is 0.407. The quantitative estimate of drug-likeness (QED) is 0.271. The second-order valence-electron chi connectivity index (χ2n) is 3.81. The van der Waals surface area contributed by atoms with Crippen LogP contribution in [0.2, 0.25) is 0 Å². The van der Waals surface area contributed by atoms with Crippen LogP contribution in [0.3, 0.4) is 0 Å². The van der Waals surface area contributed by atoms with Crippen LogP contribution in [0.25, 0.3) is 0 Å². The standard InChI is InChI=1S/C8H15N3O7/c1-11(10-17)8(16)9-4-6(14)5(13)3(2-12)18-7(4)15/h3-7,12-15H,2H2,1H3,(H,9,16)/t3?,4?,5-,6+,7+/m1/s1. The third-order valence-corrected chi connectivity index (χ3v) is 2.61. The maximum absolute atomic E-state index is 11.3. The highest BCUT2D eigenvalue weighted by molar-refractivity contribution is 5.73. The first-order chi connectivity index (χ1) is 8.42. The van der Waals surface area contributed by atoms with Gasteiger partial charge >= 0.3 is 6.03 Å². The van der Waals surface area contributed by atoms with Crippen molar-refractivity contribution in [2.75, 3.05) is 13.7 Å². The third-order valence-electron chi connectivity index (χ3n) is 2.61. The zero-order chi connectivity index (χ0) is 13.9. The van der Waals surface area contributed by atoms with Gasteiger partial charge < -0.3 is 30.5 Å². The van der Waals surface area contributed by atoms with Crippen molar-refractivity contribution in [3.63, 3.8) is 0 Å². The minimum Gasteiger partial charge on any atom is -0.394 e. The summed E-state index contributed by atoms with van der Waals surface area (Å²) in [6.07, 6.45) is -5.84. The van der Waals surface area contributed by atoms with Crippen molar-refractivity contribution in [3.8, 4) is 0 Å². The van der Waals surface area contributed by atoms with Crippen LogP contribution < -0.4 is 5.32 Å². The van der Waals surface area contributed by atoms with Gasteiger partial charge in [0.25, 0.3) is 0 Å². The number of nitroso groups, excluding NO2 is 1. The van der Waals surface area contributed by atoms with Crippen LogP contribution in [0, 0.1) is 4.91 Å². The first kappa shape index (κ1) is 14.7. The molecule has 1 saturated heterocycles. The fourth-order valence-corrected chi connectivity index (χ4v) is 1.53. The van der Waals surface area contributed by atoms with E-state index in [1.54, 1.807) is 0 Å². The van der Waals surface area contributed by atoms with Gasteiger partial charge in [0, 0.05) is 7.05 Å². The van der Waals surface area contributed by atoms with E-state index in [0.717, 1.165) is 7.05 Å². The monoisotopic (exact) mass is 265 g/mol. The van der Waals surface area contributed by atoms with Crippen molar-refractivity contribution >= 4 is 6.03 Å². The number of nitrogens with one attached hydrogen (secondary N) is 1. The summed E-state index contributed by atoms with van der Waals surface area (Å²) in [5.41, 5.74) is 0. The van der Waals surface area contributed by atoms with Crippen LogP contribution in [0.5, 0.6) is 0 Å². The molecule has 10 nitrogen and oxygen atoms in total.